The molecule has 1 atom stereocenters. The summed E-state index contributed by atoms with van der Waals surface area (Å²) in [6.45, 7) is 1.69. The molecule has 0 bridgehead atoms. The van der Waals surface area contributed by atoms with Gasteiger partial charge in [-0.25, -0.2) is 4.98 Å². The summed E-state index contributed by atoms with van der Waals surface area (Å²) in [6, 6.07) is 4.78. The van der Waals surface area contributed by atoms with Gasteiger partial charge in [-0.2, -0.15) is 0 Å². The second-order valence-electron chi connectivity index (χ2n) is 4.58. The van der Waals surface area contributed by atoms with Gasteiger partial charge in [0.1, 0.15) is 5.01 Å². The topological polar surface area (TPSA) is 79.3 Å². The fraction of sp³-hybridized carbons (Fsp3) is 0.214. The van der Waals surface area contributed by atoms with Gasteiger partial charge in [-0.05, 0) is 25.1 Å². The maximum Gasteiger partial charge on any atom is 0.309 e. The van der Waals surface area contributed by atoms with E-state index in [2.05, 4.69) is 10.3 Å². The molecule has 0 aliphatic carbocycles. The largest absolute Gasteiger partial charge is 0.481 e. The number of aromatic nitrogens is 1. The van der Waals surface area contributed by atoms with Crippen molar-refractivity contribution >= 4 is 52.1 Å². The van der Waals surface area contributed by atoms with Crippen LogP contribution in [0.1, 0.15) is 23.5 Å². The summed E-state index contributed by atoms with van der Waals surface area (Å²) in [5, 5.41) is 14.5. The van der Waals surface area contributed by atoms with Crippen LogP contribution in [0, 0.1) is 0 Å². The Morgan fingerprint density at radius 1 is 1.41 bits per heavy atom. The predicted molar refractivity (Wildman–Crippen MR) is 87.0 cm³/mol. The summed E-state index contributed by atoms with van der Waals surface area (Å²) in [5.41, 5.74) is 0.862. The Hall–Kier alpha value is -1.63. The number of hydrogen-bond donors (Lipinski definition) is 2. The Labute approximate surface area is 140 Å². The zero-order chi connectivity index (χ0) is 16.3. The summed E-state index contributed by atoms with van der Waals surface area (Å²) in [6.07, 6.45) is -0.162. The van der Waals surface area contributed by atoms with E-state index < -0.39 is 11.9 Å². The number of anilines is 1. The average molecular weight is 359 g/mol. The van der Waals surface area contributed by atoms with Crippen molar-refractivity contribution in [2.75, 3.05) is 5.32 Å². The third kappa shape index (κ3) is 4.19. The van der Waals surface area contributed by atoms with Crippen LogP contribution in [0.2, 0.25) is 10.0 Å². The van der Waals surface area contributed by atoms with Gasteiger partial charge in [-0.15, -0.1) is 11.3 Å². The van der Waals surface area contributed by atoms with Gasteiger partial charge in [-0.1, -0.05) is 23.2 Å². The number of thiazole rings is 1. The van der Waals surface area contributed by atoms with Crippen molar-refractivity contribution in [3.05, 3.63) is 44.3 Å². The van der Waals surface area contributed by atoms with Crippen LogP contribution < -0.4 is 5.32 Å². The van der Waals surface area contributed by atoms with Crippen LogP contribution in [0.4, 0.5) is 5.69 Å². The number of rotatable bonds is 5. The molecule has 1 aromatic carbocycles. The highest BCUT2D eigenvalue weighted by molar-refractivity contribution is 7.09. The molecular formula is C14H12Cl2N2O3S. The highest BCUT2D eigenvalue weighted by atomic mass is 35.5. The Morgan fingerprint density at radius 2 is 2.14 bits per heavy atom. The molecule has 1 unspecified atom stereocenters. The minimum Gasteiger partial charge on any atom is -0.481 e. The van der Waals surface area contributed by atoms with E-state index in [0.29, 0.717) is 26.4 Å². The normalized spacial score (nSPS) is 12.0. The molecule has 0 aliphatic rings. The van der Waals surface area contributed by atoms with E-state index in [0.717, 1.165) is 0 Å². The first-order chi connectivity index (χ1) is 10.4. The van der Waals surface area contributed by atoms with Crippen LogP contribution in [-0.2, 0) is 16.0 Å². The number of carbonyl (C=O) groups excluding carboxylic acids is 1. The van der Waals surface area contributed by atoms with Crippen LogP contribution in [0.3, 0.4) is 0 Å². The second kappa shape index (κ2) is 7.09. The third-order valence-electron chi connectivity index (χ3n) is 2.85. The number of carboxylic acids is 1. The molecule has 1 aromatic heterocycles. The van der Waals surface area contributed by atoms with Crippen molar-refractivity contribution in [2.24, 2.45) is 0 Å². The van der Waals surface area contributed by atoms with E-state index in [1.54, 1.807) is 30.5 Å². The first-order valence-corrected chi connectivity index (χ1v) is 7.92. The maximum absolute atomic E-state index is 12.2. The fourth-order valence-corrected chi connectivity index (χ4v) is 2.91. The van der Waals surface area contributed by atoms with Crippen molar-refractivity contribution in [3.8, 4) is 0 Å². The van der Waals surface area contributed by atoms with E-state index in [1.165, 1.54) is 11.3 Å². The first-order valence-electron chi connectivity index (χ1n) is 6.29. The van der Waals surface area contributed by atoms with Gasteiger partial charge in [0.25, 0.3) is 0 Å². The number of carbonyl (C=O) groups is 2. The molecule has 0 radical (unpaired) electrons. The summed E-state index contributed by atoms with van der Waals surface area (Å²) in [7, 11) is 0. The molecule has 1 amide bonds. The minimum absolute atomic E-state index is 0.162. The first kappa shape index (κ1) is 16.7. The zero-order valence-corrected chi connectivity index (χ0v) is 13.8. The molecule has 2 N–H and O–H groups in total. The number of amides is 1. The van der Waals surface area contributed by atoms with Gasteiger partial charge in [0, 0.05) is 10.4 Å². The van der Waals surface area contributed by atoms with Crippen LogP contribution in [-0.4, -0.2) is 22.0 Å². The number of hydrogen-bond acceptors (Lipinski definition) is 4. The van der Waals surface area contributed by atoms with Gasteiger partial charge < -0.3 is 10.4 Å². The zero-order valence-electron chi connectivity index (χ0n) is 11.5. The number of halogens is 2. The molecule has 0 fully saturated rings. The third-order valence-corrected chi connectivity index (χ3v) is 4.49. The van der Waals surface area contributed by atoms with E-state index in [1.807, 2.05) is 0 Å². The van der Waals surface area contributed by atoms with Gasteiger partial charge >= 0.3 is 5.97 Å². The van der Waals surface area contributed by atoms with Crippen molar-refractivity contribution in [1.82, 2.24) is 4.98 Å². The number of nitrogens with zero attached hydrogens (tertiary/aromatic N) is 1. The maximum atomic E-state index is 12.2. The highest BCUT2D eigenvalue weighted by Gasteiger charge is 2.20. The molecular weight excluding hydrogens is 347 g/mol. The Bertz CT molecular complexity index is 718. The Morgan fingerprint density at radius 3 is 2.82 bits per heavy atom. The number of benzene rings is 1. The van der Waals surface area contributed by atoms with Crippen molar-refractivity contribution < 1.29 is 14.7 Å². The molecule has 0 saturated carbocycles. The van der Waals surface area contributed by atoms with Gasteiger partial charge in [0.05, 0.1) is 28.7 Å². The van der Waals surface area contributed by atoms with E-state index in [4.69, 9.17) is 28.3 Å². The number of aliphatic carboxylic acids is 1. The summed E-state index contributed by atoms with van der Waals surface area (Å²) < 4.78 is 0. The van der Waals surface area contributed by atoms with Gasteiger partial charge in [0.15, 0.2) is 0 Å². The van der Waals surface area contributed by atoms with Crippen molar-refractivity contribution in [2.45, 2.75) is 19.3 Å². The quantitative estimate of drug-likeness (QED) is 0.851. The van der Waals surface area contributed by atoms with Gasteiger partial charge in [-0.3, -0.25) is 9.59 Å². The fourth-order valence-electron chi connectivity index (χ4n) is 1.70. The Balaban J connectivity index is 2.10. The van der Waals surface area contributed by atoms with Crippen LogP contribution in [0.25, 0.3) is 0 Å². The lowest BCUT2D eigenvalue weighted by atomic mass is 10.1. The van der Waals surface area contributed by atoms with E-state index in [-0.39, 0.29) is 12.3 Å². The molecule has 2 rings (SSSR count). The average Bonchev–Trinajstić information content (AvgIpc) is 2.89. The Kier molecular flexibility index (Phi) is 5.39. The summed E-state index contributed by atoms with van der Waals surface area (Å²) >= 11 is 13.1. The lowest BCUT2D eigenvalue weighted by Gasteiger charge is -2.11. The van der Waals surface area contributed by atoms with Gasteiger partial charge in [0.2, 0.25) is 5.91 Å². The minimum atomic E-state index is -0.959. The van der Waals surface area contributed by atoms with Crippen LogP contribution in [0.15, 0.2) is 23.6 Å². The molecule has 1 heterocycles. The summed E-state index contributed by atoms with van der Waals surface area (Å²) in [4.78, 5) is 27.1. The molecule has 8 heteroatoms. The smallest absolute Gasteiger partial charge is 0.309 e. The molecule has 0 saturated heterocycles. The molecule has 5 nitrogen and oxygen atoms in total. The lowest BCUT2D eigenvalue weighted by molar-refractivity contribution is -0.136. The number of carboxylic acid groups (broad SMARTS) is 1. The second-order valence-corrected chi connectivity index (χ2v) is 6.32. The van der Waals surface area contributed by atoms with Crippen molar-refractivity contribution in [1.29, 1.82) is 0 Å². The van der Waals surface area contributed by atoms with Crippen LogP contribution in [0.5, 0.6) is 0 Å². The molecule has 22 heavy (non-hydrogen) atoms. The molecule has 0 aliphatic heterocycles. The standard InChI is InChI=1S/C14H12Cl2N2O3S/c1-7(14-17-9(6-22-14)5-12(19)20)13(21)18-11-4-8(15)2-3-10(11)16/h2-4,6-7H,5H2,1H3,(H,18,21)(H,19,20). The summed E-state index contributed by atoms with van der Waals surface area (Å²) in [5.74, 6) is -1.78. The number of nitrogens with one attached hydrogen (secondary N) is 1. The molecule has 2 aromatic rings. The van der Waals surface area contributed by atoms with Crippen molar-refractivity contribution in [3.63, 3.8) is 0 Å². The highest BCUT2D eigenvalue weighted by Crippen LogP contribution is 2.28. The van der Waals surface area contributed by atoms with Crippen LogP contribution >= 0.6 is 34.5 Å². The predicted octanol–water partition coefficient (Wildman–Crippen LogP) is 3.82. The molecule has 116 valence electrons. The van der Waals surface area contributed by atoms with E-state index in [9.17, 15) is 9.59 Å². The molecule has 0 spiro atoms. The monoisotopic (exact) mass is 358 g/mol. The van der Waals surface area contributed by atoms with E-state index >= 15 is 0 Å². The lowest BCUT2D eigenvalue weighted by Crippen LogP contribution is -2.19. The SMILES string of the molecule is CC(C(=O)Nc1cc(Cl)ccc1Cl)c1nc(CC(=O)O)cs1.